The fourth-order valence-electron chi connectivity index (χ4n) is 4.01. The zero-order valence-corrected chi connectivity index (χ0v) is 16.9. The zero-order valence-electron chi connectivity index (χ0n) is 16.9. The first-order chi connectivity index (χ1) is 14.2. The topological polar surface area (TPSA) is 50.2 Å². The number of amides is 1. The number of nitrogens with zero attached hydrogens (tertiary/aromatic N) is 3. The van der Waals surface area contributed by atoms with E-state index < -0.39 is 0 Å². The van der Waals surface area contributed by atoms with E-state index in [2.05, 4.69) is 58.6 Å². The summed E-state index contributed by atoms with van der Waals surface area (Å²) in [7, 11) is 0. The Hall–Kier alpha value is -2.92. The number of carbonyl (C=O) groups excluding carboxylic acids is 1. The van der Waals surface area contributed by atoms with Crippen LogP contribution in [0.25, 0.3) is 0 Å². The molecule has 3 aromatic rings. The lowest BCUT2D eigenvalue weighted by Crippen LogP contribution is -2.45. The molecule has 0 bridgehead atoms. The largest absolute Gasteiger partial charge is 0.350 e. The lowest BCUT2D eigenvalue weighted by atomic mass is 9.98. The van der Waals surface area contributed by atoms with Gasteiger partial charge in [-0.1, -0.05) is 61.5 Å². The summed E-state index contributed by atoms with van der Waals surface area (Å²) in [6.45, 7) is 5.51. The van der Waals surface area contributed by atoms with Crippen molar-refractivity contribution in [2.45, 2.75) is 38.9 Å². The van der Waals surface area contributed by atoms with Crippen molar-refractivity contribution >= 4 is 5.91 Å². The lowest BCUT2D eigenvalue weighted by Gasteiger charge is -2.35. The molecule has 150 valence electrons. The third kappa shape index (κ3) is 4.74. The third-order valence-electron chi connectivity index (χ3n) is 5.73. The monoisotopic (exact) mass is 388 g/mol. The number of hydrogen-bond acceptors (Lipinski definition) is 3. The predicted molar refractivity (Wildman–Crippen MR) is 115 cm³/mol. The fraction of sp³-hybridized carbons (Fsp3) is 0.333. The number of carbonyl (C=O) groups is 1. The van der Waals surface area contributed by atoms with Crippen LogP contribution < -0.4 is 5.32 Å². The van der Waals surface area contributed by atoms with Crippen molar-refractivity contribution in [2.24, 2.45) is 0 Å². The maximum atomic E-state index is 12.6. The Morgan fingerprint density at radius 3 is 2.66 bits per heavy atom. The van der Waals surface area contributed by atoms with E-state index in [-0.39, 0.29) is 5.91 Å². The van der Waals surface area contributed by atoms with Crippen LogP contribution in [0.2, 0.25) is 0 Å². The van der Waals surface area contributed by atoms with Gasteiger partial charge < -0.3 is 5.32 Å². The van der Waals surface area contributed by atoms with Crippen molar-refractivity contribution in [1.82, 2.24) is 20.0 Å². The molecule has 0 saturated carbocycles. The molecule has 29 heavy (non-hydrogen) atoms. The Bertz CT molecular complexity index is 950. The summed E-state index contributed by atoms with van der Waals surface area (Å²) in [5.74, 6) is -0.0554. The number of rotatable bonds is 7. The fourth-order valence-corrected chi connectivity index (χ4v) is 4.01. The number of fused-ring (bicyclic) bond motifs is 1. The van der Waals surface area contributed by atoms with Gasteiger partial charge in [0.05, 0.1) is 18.3 Å². The highest BCUT2D eigenvalue weighted by Gasteiger charge is 2.23. The number of benzene rings is 2. The van der Waals surface area contributed by atoms with Crippen LogP contribution in [0.1, 0.15) is 40.4 Å². The second-order valence-electron chi connectivity index (χ2n) is 7.67. The highest BCUT2D eigenvalue weighted by molar-refractivity contribution is 5.93. The molecule has 0 radical (unpaired) electrons. The summed E-state index contributed by atoms with van der Waals surface area (Å²) in [5, 5.41) is 7.45. The van der Waals surface area contributed by atoms with Gasteiger partial charge in [-0.2, -0.15) is 5.10 Å². The minimum atomic E-state index is -0.0554. The molecule has 0 spiro atoms. The smallest absolute Gasteiger partial charge is 0.254 e. The Morgan fingerprint density at radius 2 is 1.86 bits per heavy atom. The Labute approximate surface area is 172 Å². The zero-order chi connectivity index (χ0) is 20.1. The molecule has 0 saturated heterocycles. The van der Waals surface area contributed by atoms with Gasteiger partial charge in [0.25, 0.3) is 5.91 Å². The molecule has 4 rings (SSSR count). The van der Waals surface area contributed by atoms with Gasteiger partial charge in [0.1, 0.15) is 0 Å². The average Bonchev–Trinajstić information content (AvgIpc) is 3.23. The maximum Gasteiger partial charge on any atom is 0.254 e. The predicted octanol–water partition coefficient (Wildman–Crippen LogP) is 3.50. The van der Waals surface area contributed by atoms with Crippen molar-refractivity contribution in [3.8, 4) is 0 Å². The van der Waals surface area contributed by atoms with Crippen LogP contribution in [-0.4, -0.2) is 39.7 Å². The molecule has 1 aliphatic heterocycles. The van der Waals surface area contributed by atoms with Gasteiger partial charge in [-0.3, -0.25) is 14.4 Å². The van der Waals surface area contributed by atoms with Crippen LogP contribution in [0.3, 0.4) is 0 Å². The second-order valence-corrected chi connectivity index (χ2v) is 7.67. The van der Waals surface area contributed by atoms with Crippen molar-refractivity contribution in [3.05, 3.63) is 89.2 Å². The van der Waals surface area contributed by atoms with Gasteiger partial charge in [-0.05, 0) is 29.5 Å². The quantitative estimate of drug-likeness (QED) is 0.674. The molecule has 1 atom stereocenters. The van der Waals surface area contributed by atoms with Gasteiger partial charge in [0, 0.05) is 31.9 Å². The van der Waals surface area contributed by atoms with Crippen LogP contribution in [0.15, 0.2) is 67.0 Å². The van der Waals surface area contributed by atoms with Crippen LogP contribution in [0.5, 0.6) is 0 Å². The third-order valence-corrected chi connectivity index (χ3v) is 5.73. The van der Waals surface area contributed by atoms with E-state index in [1.54, 1.807) is 6.20 Å². The molecule has 2 aromatic carbocycles. The first-order valence-electron chi connectivity index (χ1n) is 10.4. The summed E-state index contributed by atoms with van der Waals surface area (Å²) < 4.78 is 1.81. The van der Waals surface area contributed by atoms with Crippen molar-refractivity contribution in [2.75, 3.05) is 13.1 Å². The van der Waals surface area contributed by atoms with Gasteiger partial charge in [-0.25, -0.2) is 0 Å². The Morgan fingerprint density at radius 1 is 1.10 bits per heavy atom. The minimum absolute atomic E-state index is 0.0554. The molecule has 1 aliphatic rings. The van der Waals surface area contributed by atoms with E-state index in [1.807, 2.05) is 29.1 Å². The summed E-state index contributed by atoms with van der Waals surface area (Å²) in [6.07, 6.45) is 5.55. The Balaban J connectivity index is 1.33. The minimum Gasteiger partial charge on any atom is -0.350 e. The van der Waals surface area contributed by atoms with E-state index in [9.17, 15) is 4.79 Å². The van der Waals surface area contributed by atoms with Gasteiger partial charge in [0.15, 0.2) is 0 Å². The van der Waals surface area contributed by atoms with E-state index in [0.29, 0.717) is 24.7 Å². The van der Waals surface area contributed by atoms with Gasteiger partial charge in [0.2, 0.25) is 0 Å². The molecule has 1 amide bonds. The summed E-state index contributed by atoms with van der Waals surface area (Å²) >= 11 is 0. The maximum absolute atomic E-state index is 12.6. The molecular weight excluding hydrogens is 360 g/mol. The number of aromatic nitrogens is 2. The summed E-state index contributed by atoms with van der Waals surface area (Å²) in [6, 6.07) is 19.1. The molecular formula is C24H28N4O. The first-order valence-corrected chi connectivity index (χ1v) is 10.4. The van der Waals surface area contributed by atoms with Crippen LogP contribution >= 0.6 is 0 Å². The van der Waals surface area contributed by atoms with Crippen molar-refractivity contribution < 1.29 is 4.79 Å². The molecule has 2 heterocycles. The van der Waals surface area contributed by atoms with Crippen LogP contribution in [-0.2, 0) is 19.5 Å². The molecule has 1 unspecified atom stereocenters. The van der Waals surface area contributed by atoms with Crippen molar-refractivity contribution in [3.63, 3.8) is 0 Å². The average molecular weight is 389 g/mol. The van der Waals surface area contributed by atoms with Crippen molar-refractivity contribution in [1.29, 1.82) is 0 Å². The highest BCUT2D eigenvalue weighted by atomic mass is 16.1. The highest BCUT2D eigenvalue weighted by Crippen LogP contribution is 2.21. The Kier molecular flexibility index (Phi) is 6.06. The van der Waals surface area contributed by atoms with E-state index in [4.69, 9.17) is 0 Å². The normalized spacial score (nSPS) is 14.9. The SMILES string of the molecule is CCC(CNC(=O)c1cnn(Cc2ccccc2)c1)N1CCc2ccccc2C1. The first kappa shape index (κ1) is 19.4. The van der Waals surface area contributed by atoms with Gasteiger partial charge >= 0.3 is 0 Å². The number of nitrogens with one attached hydrogen (secondary N) is 1. The van der Waals surface area contributed by atoms with E-state index >= 15 is 0 Å². The molecule has 5 nitrogen and oxygen atoms in total. The van der Waals surface area contributed by atoms with Crippen LogP contribution in [0.4, 0.5) is 0 Å². The summed E-state index contributed by atoms with van der Waals surface area (Å²) in [4.78, 5) is 15.1. The van der Waals surface area contributed by atoms with E-state index in [1.165, 1.54) is 16.7 Å². The molecule has 1 aromatic heterocycles. The molecule has 0 fully saturated rings. The summed E-state index contributed by atoms with van der Waals surface area (Å²) in [5.41, 5.74) is 4.64. The van der Waals surface area contributed by atoms with Crippen LogP contribution in [0, 0.1) is 0 Å². The second kappa shape index (κ2) is 9.05. The molecule has 5 heteroatoms. The lowest BCUT2D eigenvalue weighted by molar-refractivity contribution is 0.0926. The number of hydrogen-bond donors (Lipinski definition) is 1. The standard InChI is InChI=1S/C24H28N4O/c1-2-23(27-13-12-20-10-6-7-11-21(20)17-27)15-25-24(29)22-14-26-28(18-22)16-19-8-4-3-5-9-19/h3-11,14,18,23H,2,12-13,15-17H2,1H3,(H,25,29). The van der Waals surface area contributed by atoms with E-state index in [0.717, 1.165) is 25.9 Å². The van der Waals surface area contributed by atoms with Gasteiger partial charge in [-0.15, -0.1) is 0 Å². The molecule has 0 aliphatic carbocycles. The molecule has 1 N–H and O–H groups in total.